The van der Waals surface area contributed by atoms with Crippen molar-refractivity contribution in [3.05, 3.63) is 57.6 Å². The number of aromatic nitrogens is 3. The highest BCUT2D eigenvalue weighted by Crippen LogP contribution is 2.31. The number of amides is 1. The molecular weight excluding hydrogens is 406 g/mol. The number of nitro benzene ring substituents is 1. The molecule has 0 unspecified atom stereocenters. The average molecular weight is 420 g/mol. The maximum atomic E-state index is 12.1. The quantitative estimate of drug-likeness (QED) is 0.339. The van der Waals surface area contributed by atoms with E-state index in [2.05, 4.69) is 20.5 Å². The second-order valence-electron chi connectivity index (χ2n) is 5.45. The first-order valence-electron chi connectivity index (χ1n) is 7.89. The van der Waals surface area contributed by atoms with E-state index in [1.807, 2.05) is 0 Å². The number of hydrogen-bond acceptors (Lipinski definition) is 7. The second kappa shape index (κ2) is 8.72. The summed E-state index contributed by atoms with van der Waals surface area (Å²) in [4.78, 5) is 26.5. The molecule has 0 radical (unpaired) electrons. The van der Waals surface area contributed by atoms with E-state index in [4.69, 9.17) is 16.3 Å². The Balaban J connectivity index is 1.60. The monoisotopic (exact) mass is 419 g/mol. The number of H-pyrrole nitrogens is 1. The summed E-state index contributed by atoms with van der Waals surface area (Å²) in [6.07, 6.45) is 0. The van der Waals surface area contributed by atoms with Gasteiger partial charge in [0.05, 0.1) is 23.3 Å². The highest BCUT2D eigenvalue weighted by atomic mass is 35.5. The molecular formula is C17H14ClN5O4S. The molecule has 28 heavy (non-hydrogen) atoms. The van der Waals surface area contributed by atoms with E-state index in [9.17, 15) is 14.9 Å². The number of carbonyl (C=O) groups excluding carboxylic acids is 1. The van der Waals surface area contributed by atoms with Crippen molar-refractivity contribution in [1.29, 1.82) is 0 Å². The fraction of sp³-hybridized carbons (Fsp3) is 0.118. The number of nitro groups is 1. The number of methoxy groups -OCH3 is 1. The molecule has 144 valence electrons. The number of rotatable bonds is 7. The molecule has 0 atom stereocenters. The molecule has 0 saturated heterocycles. The summed E-state index contributed by atoms with van der Waals surface area (Å²) in [6, 6.07) is 10.7. The van der Waals surface area contributed by atoms with Crippen LogP contribution in [-0.2, 0) is 4.79 Å². The van der Waals surface area contributed by atoms with E-state index >= 15 is 0 Å². The van der Waals surface area contributed by atoms with Crippen LogP contribution in [-0.4, -0.2) is 38.9 Å². The Labute approximate surface area is 168 Å². The number of hydrogen-bond donors (Lipinski definition) is 2. The Morgan fingerprint density at radius 3 is 2.75 bits per heavy atom. The number of ether oxygens (including phenoxy) is 1. The maximum absolute atomic E-state index is 12.1. The summed E-state index contributed by atoms with van der Waals surface area (Å²) in [5.41, 5.74) is 1.08. The Morgan fingerprint density at radius 2 is 2.07 bits per heavy atom. The molecule has 0 aliphatic rings. The molecule has 0 bridgehead atoms. The lowest BCUT2D eigenvalue weighted by atomic mass is 10.2. The van der Waals surface area contributed by atoms with Crippen LogP contribution in [0.4, 0.5) is 11.4 Å². The first-order valence-corrected chi connectivity index (χ1v) is 9.26. The van der Waals surface area contributed by atoms with Gasteiger partial charge < -0.3 is 10.1 Å². The van der Waals surface area contributed by atoms with Gasteiger partial charge in [-0.25, -0.2) is 4.98 Å². The minimum Gasteiger partial charge on any atom is -0.496 e. The molecule has 0 saturated carbocycles. The molecule has 0 aliphatic heterocycles. The van der Waals surface area contributed by atoms with Crippen molar-refractivity contribution in [1.82, 2.24) is 15.2 Å². The molecule has 0 aliphatic carbocycles. The van der Waals surface area contributed by atoms with Crippen LogP contribution in [0.15, 0.2) is 47.6 Å². The lowest BCUT2D eigenvalue weighted by Crippen LogP contribution is -2.14. The highest BCUT2D eigenvalue weighted by Gasteiger charge is 2.13. The first kappa shape index (κ1) is 19.6. The van der Waals surface area contributed by atoms with Gasteiger partial charge in [0.25, 0.3) is 5.69 Å². The summed E-state index contributed by atoms with van der Waals surface area (Å²) in [5, 5.41) is 21.1. The van der Waals surface area contributed by atoms with Crippen LogP contribution >= 0.6 is 23.4 Å². The van der Waals surface area contributed by atoms with Gasteiger partial charge in [0.2, 0.25) is 11.1 Å². The van der Waals surface area contributed by atoms with Crippen molar-refractivity contribution < 1.29 is 14.5 Å². The van der Waals surface area contributed by atoms with Crippen molar-refractivity contribution in [2.75, 3.05) is 18.2 Å². The number of halogens is 1. The molecule has 0 fully saturated rings. The van der Waals surface area contributed by atoms with Crippen LogP contribution in [0.2, 0.25) is 5.02 Å². The van der Waals surface area contributed by atoms with Gasteiger partial charge in [-0.2, -0.15) is 0 Å². The summed E-state index contributed by atoms with van der Waals surface area (Å²) in [7, 11) is 1.54. The fourth-order valence-corrected chi connectivity index (χ4v) is 3.06. The third-order valence-corrected chi connectivity index (χ3v) is 4.66. The number of nitrogens with one attached hydrogen (secondary N) is 2. The Hall–Kier alpha value is -3.11. The van der Waals surface area contributed by atoms with Crippen molar-refractivity contribution >= 4 is 40.6 Å². The molecule has 2 N–H and O–H groups in total. The van der Waals surface area contributed by atoms with Gasteiger partial charge in [-0.3, -0.25) is 20.0 Å². The molecule has 1 aromatic heterocycles. The number of nitrogens with zero attached hydrogens (tertiary/aromatic N) is 3. The van der Waals surface area contributed by atoms with Gasteiger partial charge >= 0.3 is 0 Å². The Morgan fingerprint density at radius 1 is 1.32 bits per heavy atom. The van der Waals surface area contributed by atoms with Crippen LogP contribution < -0.4 is 10.1 Å². The van der Waals surface area contributed by atoms with Crippen molar-refractivity contribution in [2.45, 2.75) is 5.16 Å². The zero-order valence-electron chi connectivity index (χ0n) is 14.5. The van der Waals surface area contributed by atoms with Crippen molar-refractivity contribution in [3.8, 4) is 17.1 Å². The predicted molar refractivity (Wildman–Crippen MR) is 106 cm³/mol. The Bertz CT molecular complexity index is 1010. The van der Waals surface area contributed by atoms with E-state index in [1.54, 1.807) is 25.3 Å². The van der Waals surface area contributed by atoms with Gasteiger partial charge in [-0.1, -0.05) is 23.4 Å². The summed E-state index contributed by atoms with van der Waals surface area (Å²) >= 11 is 7.17. The third kappa shape index (κ3) is 4.78. The van der Waals surface area contributed by atoms with E-state index in [0.717, 1.165) is 11.8 Å². The van der Waals surface area contributed by atoms with Crippen molar-refractivity contribution in [2.24, 2.45) is 0 Å². The number of thioether (sulfide) groups is 1. The van der Waals surface area contributed by atoms with E-state index in [1.165, 1.54) is 24.3 Å². The largest absolute Gasteiger partial charge is 0.496 e. The van der Waals surface area contributed by atoms with Crippen LogP contribution in [0, 0.1) is 10.1 Å². The molecule has 2 aromatic carbocycles. The molecule has 0 spiro atoms. The summed E-state index contributed by atoms with van der Waals surface area (Å²) in [5.74, 6) is 0.845. The average Bonchev–Trinajstić information content (AvgIpc) is 3.15. The zero-order valence-corrected chi connectivity index (χ0v) is 16.1. The molecule has 11 heteroatoms. The lowest BCUT2D eigenvalue weighted by molar-refractivity contribution is -0.384. The summed E-state index contributed by atoms with van der Waals surface area (Å²) < 4.78 is 5.29. The maximum Gasteiger partial charge on any atom is 0.269 e. The van der Waals surface area contributed by atoms with Gasteiger partial charge in [0.15, 0.2) is 5.82 Å². The van der Waals surface area contributed by atoms with E-state index < -0.39 is 4.92 Å². The Kier molecular flexibility index (Phi) is 6.12. The molecule has 3 rings (SSSR count). The predicted octanol–water partition coefficient (Wildman–Crippen LogP) is 3.77. The smallest absolute Gasteiger partial charge is 0.269 e. The topological polar surface area (TPSA) is 123 Å². The molecule has 3 aromatic rings. The SMILES string of the molecule is COc1ccc(Cl)cc1-c1nc(SCC(=O)Nc2ccc([N+](=O)[O-])cc2)n[nH]1. The minimum absolute atomic E-state index is 0.0444. The lowest BCUT2D eigenvalue weighted by Gasteiger charge is -2.05. The van der Waals surface area contributed by atoms with Gasteiger partial charge in [0.1, 0.15) is 5.75 Å². The number of aromatic amines is 1. The highest BCUT2D eigenvalue weighted by molar-refractivity contribution is 7.99. The molecule has 1 amide bonds. The standard InChI is InChI=1S/C17H14ClN5O4S/c1-27-14-7-2-10(18)8-13(14)16-20-17(22-21-16)28-9-15(24)19-11-3-5-12(6-4-11)23(25)26/h2-8H,9H2,1H3,(H,19,24)(H,20,21,22). The van der Waals surface area contributed by atoms with Gasteiger partial charge in [-0.05, 0) is 30.3 Å². The zero-order chi connectivity index (χ0) is 20.1. The fourth-order valence-electron chi connectivity index (χ4n) is 2.29. The molecule has 9 nitrogen and oxygen atoms in total. The second-order valence-corrected chi connectivity index (χ2v) is 6.83. The number of carbonyl (C=O) groups is 1. The number of anilines is 1. The molecule has 1 heterocycles. The van der Waals surface area contributed by atoms with E-state index in [-0.39, 0.29) is 17.3 Å². The van der Waals surface area contributed by atoms with Crippen LogP contribution in [0.5, 0.6) is 5.75 Å². The number of non-ortho nitro benzene ring substituents is 1. The third-order valence-electron chi connectivity index (χ3n) is 3.58. The first-order chi connectivity index (χ1) is 13.5. The minimum atomic E-state index is -0.503. The summed E-state index contributed by atoms with van der Waals surface area (Å²) in [6.45, 7) is 0. The normalized spacial score (nSPS) is 10.5. The van der Waals surface area contributed by atoms with Crippen molar-refractivity contribution in [3.63, 3.8) is 0 Å². The van der Waals surface area contributed by atoms with Crippen LogP contribution in [0.1, 0.15) is 0 Å². The number of benzene rings is 2. The van der Waals surface area contributed by atoms with E-state index in [0.29, 0.717) is 33.0 Å². The van der Waals surface area contributed by atoms with Crippen LogP contribution in [0.3, 0.4) is 0 Å². The van der Waals surface area contributed by atoms with Crippen LogP contribution in [0.25, 0.3) is 11.4 Å². The van der Waals surface area contributed by atoms with Gasteiger partial charge in [0, 0.05) is 22.8 Å². The van der Waals surface area contributed by atoms with Gasteiger partial charge in [-0.15, -0.1) is 5.10 Å².